The fraction of sp³-hybridized carbons (Fsp3) is 0.368. The molecule has 0 spiro atoms. The summed E-state index contributed by atoms with van der Waals surface area (Å²) in [7, 11) is 1.92. The Morgan fingerprint density at radius 1 is 0.833 bits per heavy atom. The van der Waals surface area contributed by atoms with E-state index in [2.05, 4.69) is 48.5 Å². The van der Waals surface area contributed by atoms with Crippen LogP contribution in [0.4, 0.5) is 25.4 Å². The standard InChI is InChI=1S/C55H58N10O6S.C2H2F2O2/c1-34-38(39-15-17-48(57-51(39)54(69)70)65-24-21-36-7-5-9-40(43(36)33-65)52(67)59-55-56-44-10-3-4-12-47(44)72-55)8-6-11-46(34)71-30-29-62-25-27-63(28-26-62)32-35-19-22-64(23-20-35)37-13-14-41-45(31-37)61(2)60-50(41)42-16-18-49(66)58-53(42)68;3-1(4)2(5)6/h3-15,17,31,35,42H,16,18-30,32-33H2,1-2H3,(H,69,70)(H,56,59,67)(H,58,66,68);1H,(H,5,6). The quantitative estimate of drug-likeness (QED) is 0.0764. The van der Waals surface area contributed by atoms with Gasteiger partial charge in [0.15, 0.2) is 10.8 Å². The number of benzene rings is 4. The lowest BCUT2D eigenvalue weighted by Gasteiger charge is -2.39. The van der Waals surface area contributed by atoms with Crippen molar-refractivity contribution in [3.63, 3.8) is 0 Å². The van der Waals surface area contributed by atoms with Crippen molar-refractivity contribution >= 4 is 78.8 Å². The number of nitrogens with one attached hydrogen (secondary N) is 2. The molecule has 11 rings (SSSR count). The van der Waals surface area contributed by atoms with Gasteiger partial charge in [-0.15, -0.1) is 0 Å². The number of piperidine rings is 2. The Morgan fingerprint density at radius 3 is 2.33 bits per heavy atom. The molecule has 0 aliphatic carbocycles. The molecule has 0 bridgehead atoms. The number of thiazole rings is 1. The summed E-state index contributed by atoms with van der Waals surface area (Å²) in [5, 5.41) is 29.5. The number of carbonyl (C=O) groups excluding carboxylic acids is 3. The number of rotatable bonds is 14. The second-order valence-electron chi connectivity index (χ2n) is 20.1. The summed E-state index contributed by atoms with van der Waals surface area (Å²) in [4.78, 5) is 78.7. The smallest absolute Gasteiger partial charge is 0.371 e. The largest absolute Gasteiger partial charge is 0.492 e. The lowest BCUT2D eigenvalue weighted by molar-refractivity contribution is -0.149. The first-order valence-corrected chi connectivity index (χ1v) is 27.0. The van der Waals surface area contributed by atoms with Gasteiger partial charge in [0.2, 0.25) is 11.8 Å². The summed E-state index contributed by atoms with van der Waals surface area (Å²) >= 11 is 1.44. The van der Waals surface area contributed by atoms with Crippen molar-refractivity contribution in [2.75, 3.05) is 80.6 Å². The summed E-state index contributed by atoms with van der Waals surface area (Å²) in [5.41, 5.74) is 8.41. The van der Waals surface area contributed by atoms with Crippen molar-refractivity contribution in [1.82, 2.24) is 34.9 Å². The molecular formula is C57H60F2N10O8S. The molecule has 21 heteroatoms. The number of nitrogens with zero attached hydrogens (tertiary/aromatic N) is 8. The zero-order valence-electron chi connectivity index (χ0n) is 43.3. The molecule has 3 saturated heterocycles. The maximum Gasteiger partial charge on any atom is 0.371 e. The first kappa shape index (κ1) is 53.5. The number of carbonyl (C=O) groups is 5. The fourth-order valence-electron chi connectivity index (χ4n) is 11.0. The minimum atomic E-state index is -3.23. The van der Waals surface area contributed by atoms with E-state index in [1.165, 1.54) is 17.0 Å². The first-order chi connectivity index (χ1) is 37.7. The lowest BCUT2D eigenvalue weighted by atomic mass is 9.92. The molecule has 406 valence electrons. The highest BCUT2D eigenvalue weighted by Crippen LogP contribution is 2.36. The van der Waals surface area contributed by atoms with Crippen LogP contribution in [0.1, 0.15) is 74.8 Å². The molecule has 78 heavy (non-hydrogen) atoms. The van der Waals surface area contributed by atoms with Crippen LogP contribution in [0.3, 0.4) is 0 Å². The van der Waals surface area contributed by atoms with Crippen molar-refractivity contribution in [3.05, 3.63) is 125 Å². The van der Waals surface area contributed by atoms with E-state index < -0.39 is 24.3 Å². The van der Waals surface area contributed by atoms with Crippen LogP contribution < -0.4 is 25.2 Å². The number of hydrogen-bond donors (Lipinski definition) is 4. The van der Waals surface area contributed by atoms with Gasteiger partial charge in [-0.1, -0.05) is 47.7 Å². The molecule has 0 saturated carbocycles. The van der Waals surface area contributed by atoms with Crippen LogP contribution in [-0.4, -0.2) is 141 Å². The Kier molecular flexibility index (Phi) is 16.0. The SMILES string of the molecule is Cc1c(OCCN2CCN(CC3CCN(c4ccc5c(C6CCC(=O)NC6=O)nn(C)c5c4)CC3)CC2)cccc1-c1ccc(N2CCc3cccc(C(=O)Nc4nc5ccccc5s4)c3C2)nc1C(=O)O.O=C(O)C(F)F. The molecule has 4 N–H and O–H groups in total. The molecule has 4 aliphatic rings. The predicted octanol–water partition coefficient (Wildman–Crippen LogP) is 7.84. The van der Waals surface area contributed by atoms with Crippen molar-refractivity contribution in [3.8, 4) is 16.9 Å². The summed E-state index contributed by atoms with van der Waals surface area (Å²) in [5.74, 6) is -2.40. The van der Waals surface area contributed by atoms with Gasteiger partial charge in [-0.3, -0.25) is 34.6 Å². The summed E-state index contributed by atoms with van der Waals surface area (Å²) in [6, 6.07) is 29.5. The van der Waals surface area contributed by atoms with Gasteiger partial charge < -0.3 is 29.6 Å². The van der Waals surface area contributed by atoms with Gasteiger partial charge >= 0.3 is 18.4 Å². The maximum absolute atomic E-state index is 13.7. The number of piperazine rings is 1. The van der Waals surface area contributed by atoms with E-state index in [0.717, 1.165) is 120 Å². The number of halogens is 2. The zero-order chi connectivity index (χ0) is 54.6. The van der Waals surface area contributed by atoms with E-state index in [4.69, 9.17) is 24.7 Å². The van der Waals surface area contributed by atoms with E-state index in [9.17, 15) is 33.1 Å². The average molecular weight is 1080 g/mol. The normalized spacial score (nSPS) is 17.4. The van der Waals surface area contributed by atoms with E-state index in [-0.39, 0.29) is 23.4 Å². The topological polar surface area (TPSA) is 216 Å². The average Bonchev–Trinajstić information content (AvgIpc) is 4.02. The van der Waals surface area contributed by atoms with Gasteiger partial charge in [-0.05, 0) is 115 Å². The second kappa shape index (κ2) is 23.4. The van der Waals surface area contributed by atoms with E-state index in [1.807, 2.05) is 96.3 Å². The number of pyridine rings is 1. The molecule has 3 aromatic heterocycles. The minimum absolute atomic E-state index is 0.0325. The molecule has 1 atom stereocenters. The van der Waals surface area contributed by atoms with Gasteiger partial charge in [-0.2, -0.15) is 13.9 Å². The van der Waals surface area contributed by atoms with Gasteiger partial charge in [-0.25, -0.2) is 19.6 Å². The number of aliphatic carboxylic acids is 1. The Balaban J connectivity index is 0.00000109. The predicted molar refractivity (Wildman–Crippen MR) is 293 cm³/mol. The summed E-state index contributed by atoms with van der Waals surface area (Å²) in [6.45, 7) is 11.4. The van der Waals surface area contributed by atoms with E-state index in [1.54, 1.807) is 0 Å². The Labute approximate surface area is 452 Å². The van der Waals surface area contributed by atoms with Crippen LogP contribution in [0.25, 0.3) is 32.2 Å². The number of carboxylic acids is 2. The Bertz CT molecular complexity index is 3370. The second-order valence-corrected chi connectivity index (χ2v) is 21.2. The number of aromatic nitrogens is 4. The highest BCUT2D eigenvalue weighted by molar-refractivity contribution is 7.22. The number of para-hydroxylation sites is 1. The molecule has 4 aromatic carbocycles. The summed E-state index contributed by atoms with van der Waals surface area (Å²) in [6.07, 6.45) is 0.538. The third-order valence-corrected chi connectivity index (χ3v) is 16.2. The van der Waals surface area contributed by atoms with E-state index in [0.29, 0.717) is 67.0 Å². The van der Waals surface area contributed by atoms with Crippen LogP contribution in [0.15, 0.2) is 91.0 Å². The molecule has 7 aromatic rings. The van der Waals surface area contributed by atoms with Crippen molar-refractivity contribution < 1.29 is 47.7 Å². The molecule has 4 aliphatic heterocycles. The highest BCUT2D eigenvalue weighted by Gasteiger charge is 2.33. The fourth-order valence-corrected chi connectivity index (χ4v) is 11.9. The third-order valence-electron chi connectivity index (χ3n) is 15.3. The monoisotopic (exact) mass is 1080 g/mol. The molecule has 1 unspecified atom stereocenters. The van der Waals surface area contributed by atoms with Gasteiger partial charge in [0.1, 0.15) is 18.2 Å². The zero-order valence-corrected chi connectivity index (χ0v) is 44.1. The number of anilines is 3. The van der Waals surface area contributed by atoms with Gasteiger partial charge in [0, 0.05) is 101 Å². The Hall–Kier alpha value is -7.88. The van der Waals surface area contributed by atoms with Crippen LogP contribution in [0.2, 0.25) is 0 Å². The molecular weight excluding hydrogens is 1020 g/mol. The number of alkyl halides is 2. The summed E-state index contributed by atoms with van der Waals surface area (Å²) < 4.78 is 30.4. The van der Waals surface area contributed by atoms with Crippen LogP contribution >= 0.6 is 11.3 Å². The number of hydrogen-bond acceptors (Lipinski definition) is 14. The molecule has 7 heterocycles. The highest BCUT2D eigenvalue weighted by atomic mass is 32.1. The number of amides is 3. The molecule has 3 amide bonds. The van der Waals surface area contributed by atoms with Crippen LogP contribution in [-0.2, 0) is 34.4 Å². The van der Waals surface area contributed by atoms with Crippen molar-refractivity contribution in [1.29, 1.82) is 0 Å². The maximum atomic E-state index is 13.7. The van der Waals surface area contributed by atoms with Gasteiger partial charge in [0.25, 0.3) is 5.91 Å². The lowest BCUT2D eigenvalue weighted by Crippen LogP contribution is -2.49. The van der Waals surface area contributed by atoms with Gasteiger partial charge in [0.05, 0.1) is 27.3 Å². The number of ether oxygens (including phenoxy) is 1. The van der Waals surface area contributed by atoms with Crippen molar-refractivity contribution in [2.45, 2.75) is 57.9 Å². The third kappa shape index (κ3) is 11.8. The van der Waals surface area contributed by atoms with Crippen LogP contribution in [0.5, 0.6) is 5.75 Å². The molecule has 3 fully saturated rings. The number of fused-ring (bicyclic) bond motifs is 3. The molecule has 0 radical (unpaired) electrons. The van der Waals surface area contributed by atoms with Crippen LogP contribution in [0, 0.1) is 12.8 Å². The first-order valence-electron chi connectivity index (χ1n) is 26.2. The minimum Gasteiger partial charge on any atom is -0.492 e. The number of aromatic carboxylic acids is 1. The number of carboxylic acid groups (broad SMARTS) is 2. The molecule has 18 nitrogen and oxygen atoms in total. The van der Waals surface area contributed by atoms with Crippen molar-refractivity contribution in [2.24, 2.45) is 13.0 Å². The Morgan fingerprint density at radius 2 is 1.59 bits per heavy atom. The van der Waals surface area contributed by atoms with E-state index >= 15 is 0 Å². The number of aryl methyl sites for hydroxylation is 1. The number of imide groups is 1.